The van der Waals surface area contributed by atoms with E-state index in [1.807, 2.05) is 0 Å². The topological polar surface area (TPSA) is 175 Å². The quantitative estimate of drug-likeness (QED) is 0.281. The SMILES string of the molecule is CO[C@@]1(C(=O)O)C[C@H](O)[C@@H](NC(C)=O)[C@H]([C@H](O)[C@@H](O)CNC(=O)c2ccccc2)O1. The maximum atomic E-state index is 12.1. The summed E-state index contributed by atoms with van der Waals surface area (Å²) in [5.41, 5.74) is 0.337. The lowest BCUT2D eigenvalue weighted by atomic mass is 9.88. The lowest BCUT2D eigenvalue weighted by Crippen LogP contribution is -2.68. The molecule has 1 aromatic rings. The number of carbonyl (C=O) groups excluding carboxylic acids is 2. The van der Waals surface area contributed by atoms with Gasteiger partial charge in [0.25, 0.3) is 11.7 Å². The van der Waals surface area contributed by atoms with Gasteiger partial charge in [-0.3, -0.25) is 9.59 Å². The third-order valence-corrected chi connectivity index (χ3v) is 4.84. The Labute approximate surface area is 172 Å². The molecular weight excluding hydrogens is 400 g/mol. The van der Waals surface area contributed by atoms with E-state index >= 15 is 0 Å². The highest BCUT2D eigenvalue weighted by atomic mass is 16.7. The number of hydrogen-bond donors (Lipinski definition) is 6. The van der Waals surface area contributed by atoms with Crippen LogP contribution in [0.1, 0.15) is 23.7 Å². The molecule has 1 aliphatic heterocycles. The van der Waals surface area contributed by atoms with Gasteiger partial charge in [-0.1, -0.05) is 18.2 Å². The zero-order valence-electron chi connectivity index (χ0n) is 16.5. The number of aliphatic carboxylic acids is 1. The average molecular weight is 426 g/mol. The van der Waals surface area contributed by atoms with E-state index in [0.29, 0.717) is 5.56 Å². The van der Waals surface area contributed by atoms with Crippen LogP contribution >= 0.6 is 0 Å². The summed E-state index contributed by atoms with van der Waals surface area (Å²) in [4.78, 5) is 35.3. The first kappa shape index (κ1) is 23.7. The molecule has 1 aromatic carbocycles. The largest absolute Gasteiger partial charge is 0.477 e. The molecule has 0 unspecified atom stereocenters. The van der Waals surface area contributed by atoms with Crippen LogP contribution in [-0.4, -0.2) is 88.1 Å². The number of aliphatic hydroxyl groups is 3. The maximum Gasteiger partial charge on any atom is 0.364 e. The van der Waals surface area contributed by atoms with E-state index < -0.39 is 67.0 Å². The summed E-state index contributed by atoms with van der Waals surface area (Å²) in [7, 11) is 1.06. The highest BCUT2D eigenvalue weighted by Crippen LogP contribution is 2.32. The molecule has 2 rings (SSSR count). The number of carbonyl (C=O) groups is 3. The van der Waals surface area contributed by atoms with Crippen molar-refractivity contribution in [1.29, 1.82) is 0 Å². The Morgan fingerprint density at radius 1 is 1.27 bits per heavy atom. The molecule has 0 spiro atoms. The fourth-order valence-corrected chi connectivity index (χ4v) is 3.24. The van der Waals surface area contributed by atoms with Gasteiger partial charge in [-0.05, 0) is 12.1 Å². The van der Waals surface area contributed by atoms with Gasteiger partial charge in [0, 0.05) is 32.6 Å². The van der Waals surface area contributed by atoms with E-state index in [9.17, 15) is 34.8 Å². The number of ether oxygens (including phenoxy) is 2. The molecule has 6 N–H and O–H groups in total. The molecule has 2 amide bonds. The first-order valence-corrected chi connectivity index (χ1v) is 9.22. The number of hydrogen-bond acceptors (Lipinski definition) is 8. The number of methoxy groups -OCH3 is 1. The van der Waals surface area contributed by atoms with Crippen LogP contribution in [-0.2, 0) is 19.1 Å². The minimum atomic E-state index is -2.28. The molecule has 1 heterocycles. The summed E-state index contributed by atoms with van der Waals surface area (Å²) in [6, 6.07) is 6.95. The van der Waals surface area contributed by atoms with Crippen molar-refractivity contribution in [3.63, 3.8) is 0 Å². The molecule has 0 aliphatic carbocycles. The molecule has 0 bridgehead atoms. The Balaban J connectivity index is 2.16. The number of nitrogens with one attached hydrogen (secondary N) is 2. The van der Waals surface area contributed by atoms with E-state index in [-0.39, 0.29) is 0 Å². The zero-order valence-corrected chi connectivity index (χ0v) is 16.5. The Hall–Kier alpha value is -2.57. The highest BCUT2D eigenvalue weighted by molar-refractivity contribution is 5.94. The van der Waals surface area contributed by atoms with Crippen molar-refractivity contribution in [2.75, 3.05) is 13.7 Å². The van der Waals surface area contributed by atoms with Gasteiger partial charge in [-0.15, -0.1) is 0 Å². The lowest BCUT2D eigenvalue weighted by molar-refractivity contribution is -0.303. The van der Waals surface area contributed by atoms with Crippen LogP contribution in [0.5, 0.6) is 0 Å². The van der Waals surface area contributed by atoms with Crippen LogP contribution in [0.3, 0.4) is 0 Å². The summed E-state index contributed by atoms with van der Waals surface area (Å²) < 4.78 is 10.3. The molecule has 166 valence electrons. The van der Waals surface area contributed by atoms with Crippen LogP contribution in [0.2, 0.25) is 0 Å². The number of carboxylic acids is 1. The first-order valence-electron chi connectivity index (χ1n) is 9.22. The van der Waals surface area contributed by atoms with Gasteiger partial charge in [0.1, 0.15) is 12.2 Å². The standard InChI is InChI=1S/C19H26N2O9/c1-10(22)21-14-12(23)8-19(29-2,18(27)28)30-16(14)15(25)13(24)9-20-17(26)11-6-4-3-5-7-11/h3-7,12-16,23-25H,8-9H2,1-2H3,(H,20,26)(H,21,22)(H,27,28)/t12-,13-,14+,15+,16+,19-/m0/s1. The number of amides is 2. The molecule has 1 aliphatic rings. The predicted molar refractivity (Wildman–Crippen MR) is 101 cm³/mol. The average Bonchev–Trinajstić information content (AvgIpc) is 2.72. The predicted octanol–water partition coefficient (Wildman–Crippen LogP) is -1.78. The highest BCUT2D eigenvalue weighted by Gasteiger charge is 2.55. The molecular formula is C19H26N2O9. The van der Waals surface area contributed by atoms with E-state index in [1.165, 1.54) is 6.92 Å². The van der Waals surface area contributed by atoms with Crippen molar-refractivity contribution in [2.45, 2.75) is 49.6 Å². The van der Waals surface area contributed by atoms with Crippen molar-refractivity contribution in [3.05, 3.63) is 35.9 Å². The molecule has 1 fully saturated rings. The van der Waals surface area contributed by atoms with Crippen molar-refractivity contribution < 1.29 is 44.3 Å². The first-order chi connectivity index (χ1) is 14.1. The molecule has 0 saturated carbocycles. The number of aliphatic hydroxyl groups excluding tert-OH is 3. The van der Waals surface area contributed by atoms with Gasteiger partial charge < -0.3 is 40.5 Å². The summed E-state index contributed by atoms with van der Waals surface area (Å²) in [6.45, 7) is 0.771. The van der Waals surface area contributed by atoms with E-state index in [1.54, 1.807) is 30.3 Å². The van der Waals surface area contributed by atoms with Crippen molar-refractivity contribution >= 4 is 17.8 Å². The maximum absolute atomic E-state index is 12.1. The lowest BCUT2D eigenvalue weighted by Gasteiger charge is -2.46. The van der Waals surface area contributed by atoms with Gasteiger partial charge in [0.2, 0.25) is 5.91 Å². The second-order valence-electron chi connectivity index (χ2n) is 6.98. The number of rotatable bonds is 8. The summed E-state index contributed by atoms with van der Waals surface area (Å²) in [5.74, 6) is -4.89. The second-order valence-corrected chi connectivity index (χ2v) is 6.98. The van der Waals surface area contributed by atoms with Crippen LogP contribution in [0, 0.1) is 0 Å². The van der Waals surface area contributed by atoms with Crippen LogP contribution < -0.4 is 10.6 Å². The van der Waals surface area contributed by atoms with Crippen LogP contribution in [0.4, 0.5) is 0 Å². The smallest absolute Gasteiger partial charge is 0.364 e. The van der Waals surface area contributed by atoms with Crippen molar-refractivity contribution in [1.82, 2.24) is 10.6 Å². The fourth-order valence-electron chi connectivity index (χ4n) is 3.24. The van der Waals surface area contributed by atoms with E-state index in [2.05, 4.69) is 10.6 Å². The molecule has 1 saturated heterocycles. The fraction of sp³-hybridized carbons (Fsp3) is 0.526. The monoisotopic (exact) mass is 426 g/mol. The van der Waals surface area contributed by atoms with Crippen LogP contribution in [0.25, 0.3) is 0 Å². The summed E-state index contributed by atoms with van der Waals surface area (Å²) in [5, 5.41) is 45.7. The minimum absolute atomic E-state index is 0.337. The Bertz CT molecular complexity index is 760. The Morgan fingerprint density at radius 2 is 1.90 bits per heavy atom. The molecule has 0 aromatic heterocycles. The zero-order chi connectivity index (χ0) is 22.5. The summed E-state index contributed by atoms with van der Waals surface area (Å²) in [6.07, 6.45) is -6.90. The Kier molecular flexibility index (Phi) is 7.87. The Morgan fingerprint density at radius 3 is 2.43 bits per heavy atom. The van der Waals surface area contributed by atoms with Gasteiger partial charge >= 0.3 is 5.97 Å². The van der Waals surface area contributed by atoms with E-state index in [4.69, 9.17) is 9.47 Å². The van der Waals surface area contributed by atoms with E-state index in [0.717, 1.165) is 7.11 Å². The molecule has 0 radical (unpaired) electrons. The third kappa shape index (κ3) is 5.32. The minimum Gasteiger partial charge on any atom is -0.477 e. The number of carboxylic acid groups (broad SMARTS) is 1. The molecule has 11 heteroatoms. The van der Waals surface area contributed by atoms with Crippen molar-refractivity contribution in [3.8, 4) is 0 Å². The van der Waals surface area contributed by atoms with Gasteiger partial charge in [-0.25, -0.2) is 4.79 Å². The molecule has 6 atom stereocenters. The third-order valence-electron chi connectivity index (χ3n) is 4.84. The molecule has 30 heavy (non-hydrogen) atoms. The molecule has 11 nitrogen and oxygen atoms in total. The van der Waals surface area contributed by atoms with Crippen molar-refractivity contribution in [2.24, 2.45) is 0 Å². The second kappa shape index (κ2) is 9.96. The summed E-state index contributed by atoms with van der Waals surface area (Å²) >= 11 is 0. The van der Waals surface area contributed by atoms with Gasteiger partial charge in [0.15, 0.2) is 0 Å². The van der Waals surface area contributed by atoms with Gasteiger partial charge in [-0.2, -0.15) is 0 Å². The normalized spacial score (nSPS) is 28.2. The number of benzene rings is 1. The van der Waals surface area contributed by atoms with Crippen LogP contribution in [0.15, 0.2) is 30.3 Å². The van der Waals surface area contributed by atoms with Gasteiger partial charge in [0.05, 0.1) is 18.2 Å².